The minimum absolute atomic E-state index is 0.00876. The van der Waals surface area contributed by atoms with E-state index in [2.05, 4.69) is 0 Å². The summed E-state index contributed by atoms with van der Waals surface area (Å²) >= 11 is 5.92. The maximum atomic E-state index is 13.8. The molecular weight excluding hydrogens is 553 g/mol. The molecule has 0 saturated carbocycles. The van der Waals surface area contributed by atoms with Crippen LogP contribution in [0.3, 0.4) is 0 Å². The monoisotopic (exact) mass is 579 g/mol. The van der Waals surface area contributed by atoms with Crippen LogP contribution in [0.5, 0.6) is 0 Å². The van der Waals surface area contributed by atoms with Crippen molar-refractivity contribution in [3.8, 4) is 0 Å². The molecule has 0 fully saturated rings. The molecule has 1 aromatic heterocycles. The van der Waals surface area contributed by atoms with Gasteiger partial charge >= 0.3 is 0 Å². The molecule has 0 N–H and O–H groups in total. The molecule has 0 aliphatic carbocycles. The van der Waals surface area contributed by atoms with Gasteiger partial charge in [0.25, 0.3) is 11.6 Å². The summed E-state index contributed by atoms with van der Waals surface area (Å²) in [7, 11) is 0. The maximum Gasteiger partial charge on any atom is 0.288 e. The summed E-state index contributed by atoms with van der Waals surface area (Å²) in [6.07, 6.45) is 1.81. The van der Waals surface area contributed by atoms with E-state index in [1.54, 1.807) is 31.2 Å². The normalized spacial score (nSPS) is 11.7. The second kappa shape index (κ2) is 12.7. The summed E-state index contributed by atoms with van der Waals surface area (Å²) in [6, 6.07) is 15.7. The molecule has 4 aromatic rings. The first kappa shape index (κ1) is 29.4. The van der Waals surface area contributed by atoms with Crippen molar-refractivity contribution in [2.24, 2.45) is 0 Å². The third-order valence-corrected chi connectivity index (χ3v) is 7.15. The van der Waals surface area contributed by atoms with Crippen molar-refractivity contribution in [2.45, 2.75) is 39.4 Å². The summed E-state index contributed by atoms with van der Waals surface area (Å²) in [4.78, 5) is 53.9. The molecule has 0 saturated heterocycles. The lowest BCUT2D eigenvalue weighted by molar-refractivity contribution is -0.384. The molecule has 0 bridgehead atoms. The van der Waals surface area contributed by atoms with Gasteiger partial charge in [-0.3, -0.25) is 24.5 Å². The van der Waals surface area contributed by atoms with Crippen LogP contribution in [0.15, 0.2) is 82.2 Å². The zero-order chi connectivity index (χ0) is 29.7. The fourth-order valence-corrected chi connectivity index (χ4v) is 4.51. The van der Waals surface area contributed by atoms with Crippen LogP contribution in [0.2, 0.25) is 5.02 Å². The average molecular weight is 580 g/mol. The van der Waals surface area contributed by atoms with E-state index in [1.165, 1.54) is 52.5 Å². The topological polar surface area (TPSA) is 114 Å². The Balaban J connectivity index is 1.67. The zero-order valence-corrected chi connectivity index (χ0v) is 23.1. The highest BCUT2D eigenvalue weighted by molar-refractivity contribution is 6.32. The van der Waals surface area contributed by atoms with Crippen molar-refractivity contribution in [2.75, 3.05) is 6.54 Å². The second-order valence-corrected chi connectivity index (χ2v) is 9.98. The van der Waals surface area contributed by atoms with Gasteiger partial charge in [0, 0.05) is 24.2 Å². The molecule has 3 aromatic carbocycles. The first-order chi connectivity index (χ1) is 19.6. The van der Waals surface area contributed by atoms with E-state index >= 15 is 0 Å². The van der Waals surface area contributed by atoms with E-state index < -0.39 is 34.3 Å². The van der Waals surface area contributed by atoms with Crippen molar-refractivity contribution in [3.63, 3.8) is 0 Å². The summed E-state index contributed by atoms with van der Waals surface area (Å²) in [5.74, 6) is -1.51. The number of nitro benzene ring substituents is 1. The Morgan fingerprint density at radius 1 is 1.07 bits per heavy atom. The number of carbonyl (C=O) groups excluding carboxylic acids is 2. The van der Waals surface area contributed by atoms with Gasteiger partial charge in [-0.1, -0.05) is 42.8 Å². The molecule has 11 heteroatoms. The summed E-state index contributed by atoms with van der Waals surface area (Å²) in [5.41, 5.74) is 0.535. The van der Waals surface area contributed by atoms with Crippen LogP contribution < -0.4 is 5.43 Å². The van der Waals surface area contributed by atoms with Crippen molar-refractivity contribution in [1.29, 1.82) is 0 Å². The van der Waals surface area contributed by atoms with E-state index in [-0.39, 0.29) is 41.2 Å². The molecule has 212 valence electrons. The molecule has 4 rings (SSSR count). The third kappa shape index (κ3) is 6.78. The molecule has 0 aliphatic heterocycles. The lowest BCUT2D eigenvalue weighted by Crippen LogP contribution is -2.46. The zero-order valence-electron chi connectivity index (χ0n) is 22.4. The van der Waals surface area contributed by atoms with Crippen LogP contribution >= 0.6 is 11.6 Å². The Labute approximate surface area is 239 Å². The quantitative estimate of drug-likeness (QED) is 0.169. The van der Waals surface area contributed by atoms with Gasteiger partial charge in [0.15, 0.2) is 5.43 Å². The van der Waals surface area contributed by atoms with E-state index in [0.29, 0.717) is 23.0 Å². The lowest BCUT2D eigenvalue weighted by Gasteiger charge is -2.31. The molecule has 0 spiro atoms. The smallest absolute Gasteiger partial charge is 0.288 e. The maximum absolute atomic E-state index is 13.8. The standard InChI is InChI=1S/C30H27ClFN3O6/c1-3-19(2)34(30(38)21-10-13-25(31)26(14-21)35(39)40)17-28(36)33(15-20-8-11-23(32)12-9-20)16-22-18-41-27-7-5-4-6-24(27)29(22)37/h4-14,18-19H,3,15-17H2,1-2H3. The van der Waals surface area contributed by atoms with Crippen molar-refractivity contribution < 1.29 is 23.3 Å². The van der Waals surface area contributed by atoms with E-state index in [0.717, 1.165) is 6.07 Å². The number of para-hydroxylation sites is 1. The van der Waals surface area contributed by atoms with E-state index in [9.17, 15) is 28.9 Å². The first-order valence-corrected chi connectivity index (χ1v) is 13.2. The predicted molar refractivity (Wildman–Crippen MR) is 152 cm³/mol. The Kier molecular flexibility index (Phi) is 9.14. The second-order valence-electron chi connectivity index (χ2n) is 9.58. The third-order valence-electron chi connectivity index (χ3n) is 6.83. The number of hydrogen-bond donors (Lipinski definition) is 0. The number of benzene rings is 3. The Morgan fingerprint density at radius 3 is 2.46 bits per heavy atom. The van der Waals surface area contributed by atoms with Crippen molar-refractivity contribution in [3.05, 3.63) is 121 Å². The molecule has 0 aliphatic rings. The number of rotatable bonds is 10. The fraction of sp³-hybridized carbons (Fsp3) is 0.233. The van der Waals surface area contributed by atoms with Crippen molar-refractivity contribution in [1.82, 2.24) is 9.80 Å². The number of nitro groups is 1. The highest BCUT2D eigenvalue weighted by Gasteiger charge is 2.28. The molecule has 9 nitrogen and oxygen atoms in total. The van der Waals surface area contributed by atoms with Crippen LogP contribution in [-0.4, -0.2) is 39.1 Å². The minimum Gasteiger partial charge on any atom is -0.464 e. The number of fused-ring (bicyclic) bond motifs is 1. The first-order valence-electron chi connectivity index (χ1n) is 12.9. The van der Waals surface area contributed by atoms with Crippen LogP contribution in [-0.2, 0) is 17.9 Å². The average Bonchev–Trinajstić information content (AvgIpc) is 2.97. The van der Waals surface area contributed by atoms with Gasteiger partial charge < -0.3 is 14.2 Å². The Hall–Kier alpha value is -4.57. The fourth-order valence-electron chi connectivity index (χ4n) is 4.32. The van der Waals surface area contributed by atoms with Gasteiger partial charge in [0.2, 0.25) is 5.91 Å². The Morgan fingerprint density at radius 2 is 1.78 bits per heavy atom. The summed E-state index contributed by atoms with van der Waals surface area (Å²) in [6.45, 7) is 3.14. The largest absolute Gasteiger partial charge is 0.464 e. The molecule has 0 radical (unpaired) electrons. The highest BCUT2D eigenvalue weighted by atomic mass is 35.5. The predicted octanol–water partition coefficient (Wildman–Crippen LogP) is 5.96. The number of nitrogens with zero attached hydrogens (tertiary/aromatic N) is 3. The molecule has 1 atom stereocenters. The molecule has 1 heterocycles. The number of carbonyl (C=O) groups is 2. The molecule has 41 heavy (non-hydrogen) atoms. The molecule has 1 unspecified atom stereocenters. The molecular formula is C30H27ClFN3O6. The summed E-state index contributed by atoms with van der Waals surface area (Å²) in [5, 5.41) is 11.6. The minimum atomic E-state index is -0.683. The van der Waals surface area contributed by atoms with Gasteiger partial charge in [0.05, 0.1) is 28.7 Å². The summed E-state index contributed by atoms with van der Waals surface area (Å²) < 4.78 is 19.2. The lowest BCUT2D eigenvalue weighted by atomic mass is 10.1. The number of hydrogen-bond acceptors (Lipinski definition) is 6. The SMILES string of the molecule is CCC(C)N(CC(=O)N(Cc1ccc(F)cc1)Cc1coc2ccccc2c1=O)C(=O)c1ccc(Cl)c([N+](=O)[O-])c1. The molecule has 2 amide bonds. The van der Waals surface area contributed by atoms with Crippen LogP contribution in [0.1, 0.15) is 41.8 Å². The van der Waals surface area contributed by atoms with E-state index in [4.69, 9.17) is 16.0 Å². The van der Waals surface area contributed by atoms with Gasteiger partial charge in [-0.05, 0) is 55.3 Å². The van der Waals surface area contributed by atoms with Gasteiger partial charge in [-0.25, -0.2) is 4.39 Å². The van der Waals surface area contributed by atoms with E-state index in [1.807, 2.05) is 6.92 Å². The number of halogens is 2. The van der Waals surface area contributed by atoms with Crippen molar-refractivity contribution >= 4 is 40.1 Å². The number of amides is 2. The van der Waals surface area contributed by atoms with Gasteiger partial charge in [0.1, 0.15) is 23.0 Å². The highest BCUT2D eigenvalue weighted by Crippen LogP contribution is 2.26. The van der Waals surface area contributed by atoms with Crippen LogP contribution in [0, 0.1) is 15.9 Å². The van der Waals surface area contributed by atoms with Crippen LogP contribution in [0.4, 0.5) is 10.1 Å². The van der Waals surface area contributed by atoms with Gasteiger partial charge in [-0.2, -0.15) is 0 Å². The van der Waals surface area contributed by atoms with Gasteiger partial charge in [-0.15, -0.1) is 0 Å². The van der Waals surface area contributed by atoms with Crippen LogP contribution in [0.25, 0.3) is 11.0 Å². The Bertz CT molecular complexity index is 1660.